The summed E-state index contributed by atoms with van der Waals surface area (Å²) in [6.45, 7) is 9.20. The van der Waals surface area contributed by atoms with Crippen molar-refractivity contribution in [2.24, 2.45) is 0 Å². The standard InChI is InChI=1S/C23H30N2O4S/c1-5-17(4)25(22(26)6-2)14-23(27)24(13-21-16(3)9-10-30-21)12-18-7-8-19-20(11-18)29-15-28-19/h7-11,17H,5-6,12-15H2,1-4H3/t17-/m1/s1. The zero-order valence-corrected chi connectivity index (χ0v) is 19.0. The minimum absolute atomic E-state index is 0.00744. The van der Waals surface area contributed by atoms with Crippen LogP contribution in [0.2, 0.25) is 0 Å². The summed E-state index contributed by atoms with van der Waals surface area (Å²) in [5.41, 5.74) is 2.14. The van der Waals surface area contributed by atoms with Gasteiger partial charge in [-0.25, -0.2) is 0 Å². The maximum Gasteiger partial charge on any atom is 0.242 e. The molecule has 1 aromatic carbocycles. The number of nitrogens with zero attached hydrogens (tertiary/aromatic N) is 2. The van der Waals surface area contributed by atoms with E-state index < -0.39 is 0 Å². The van der Waals surface area contributed by atoms with Gasteiger partial charge in [0.05, 0.1) is 6.54 Å². The highest BCUT2D eigenvalue weighted by molar-refractivity contribution is 7.10. The van der Waals surface area contributed by atoms with Crippen molar-refractivity contribution < 1.29 is 19.1 Å². The van der Waals surface area contributed by atoms with Crippen LogP contribution >= 0.6 is 11.3 Å². The zero-order valence-electron chi connectivity index (χ0n) is 18.1. The monoisotopic (exact) mass is 430 g/mol. The van der Waals surface area contributed by atoms with E-state index in [-0.39, 0.29) is 31.2 Å². The predicted molar refractivity (Wildman–Crippen MR) is 118 cm³/mol. The lowest BCUT2D eigenvalue weighted by Crippen LogP contribution is -2.46. The highest BCUT2D eigenvalue weighted by Crippen LogP contribution is 2.33. The van der Waals surface area contributed by atoms with E-state index in [0.717, 1.165) is 22.6 Å². The summed E-state index contributed by atoms with van der Waals surface area (Å²) in [6.07, 6.45) is 1.20. The molecule has 0 radical (unpaired) electrons. The molecule has 162 valence electrons. The minimum atomic E-state index is -0.0532. The summed E-state index contributed by atoms with van der Waals surface area (Å²) < 4.78 is 10.9. The number of fused-ring (bicyclic) bond motifs is 1. The Morgan fingerprint density at radius 2 is 1.87 bits per heavy atom. The van der Waals surface area contributed by atoms with Gasteiger partial charge in [-0.15, -0.1) is 11.3 Å². The van der Waals surface area contributed by atoms with Crippen LogP contribution in [0.15, 0.2) is 29.6 Å². The Hall–Kier alpha value is -2.54. The number of ether oxygens (including phenoxy) is 2. The van der Waals surface area contributed by atoms with E-state index in [1.165, 1.54) is 5.56 Å². The van der Waals surface area contributed by atoms with Gasteiger partial charge in [-0.1, -0.05) is 19.9 Å². The van der Waals surface area contributed by atoms with Gasteiger partial charge in [-0.05, 0) is 55.0 Å². The number of thiophene rings is 1. The van der Waals surface area contributed by atoms with Crippen LogP contribution in [0.1, 0.15) is 49.6 Å². The van der Waals surface area contributed by atoms with E-state index in [2.05, 4.69) is 13.0 Å². The third-order valence-corrected chi connectivity index (χ3v) is 6.52. The van der Waals surface area contributed by atoms with Gasteiger partial charge in [0.1, 0.15) is 6.54 Å². The summed E-state index contributed by atoms with van der Waals surface area (Å²) in [4.78, 5) is 30.5. The van der Waals surface area contributed by atoms with E-state index in [1.807, 2.05) is 49.3 Å². The first kappa shape index (κ1) is 22.2. The number of carbonyl (C=O) groups is 2. The molecule has 0 saturated carbocycles. The van der Waals surface area contributed by atoms with Gasteiger partial charge in [0.25, 0.3) is 0 Å². The van der Waals surface area contributed by atoms with Crippen molar-refractivity contribution in [3.05, 3.63) is 45.6 Å². The Balaban J connectivity index is 1.81. The molecule has 6 nitrogen and oxygen atoms in total. The van der Waals surface area contributed by atoms with Crippen LogP contribution in [0.5, 0.6) is 11.5 Å². The fourth-order valence-electron chi connectivity index (χ4n) is 3.39. The van der Waals surface area contributed by atoms with Crippen molar-refractivity contribution in [1.82, 2.24) is 9.80 Å². The topological polar surface area (TPSA) is 59.1 Å². The number of benzene rings is 1. The van der Waals surface area contributed by atoms with Crippen LogP contribution in [-0.4, -0.2) is 41.0 Å². The van der Waals surface area contributed by atoms with Gasteiger partial charge in [0, 0.05) is 23.9 Å². The first-order valence-electron chi connectivity index (χ1n) is 10.4. The summed E-state index contributed by atoms with van der Waals surface area (Å²) in [7, 11) is 0. The first-order valence-corrected chi connectivity index (χ1v) is 11.3. The molecule has 0 spiro atoms. The molecular formula is C23H30N2O4S. The second-order valence-corrected chi connectivity index (χ2v) is 8.60. The molecule has 0 fully saturated rings. The maximum absolute atomic E-state index is 13.4. The van der Waals surface area contributed by atoms with Gasteiger partial charge in [0.15, 0.2) is 11.5 Å². The Morgan fingerprint density at radius 1 is 1.10 bits per heavy atom. The molecule has 2 aromatic rings. The number of rotatable bonds is 9. The van der Waals surface area contributed by atoms with E-state index in [1.54, 1.807) is 16.2 Å². The Morgan fingerprint density at radius 3 is 2.53 bits per heavy atom. The van der Waals surface area contributed by atoms with Crippen LogP contribution in [0.25, 0.3) is 0 Å². The lowest BCUT2D eigenvalue weighted by Gasteiger charge is -2.31. The number of hydrogen-bond donors (Lipinski definition) is 0. The summed E-state index contributed by atoms with van der Waals surface area (Å²) >= 11 is 1.65. The molecule has 0 unspecified atom stereocenters. The molecule has 2 heterocycles. The fraction of sp³-hybridized carbons (Fsp3) is 0.478. The van der Waals surface area contributed by atoms with Crippen molar-refractivity contribution in [2.45, 2.75) is 59.7 Å². The number of carbonyl (C=O) groups excluding carboxylic acids is 2. The normalized spacial score (nSPS) is 13.2. The molecule has 0 N–H and O–H groups in total. The van der Waals surface area contributed by atoms with Crippen LogP contribution in [-0.2, 0) is 22.7 Å². The molecule has 30 heavy (non-hydrogen) atoms. The molecule has 0 bridgehead atoms. The highest BCUT2D eigenvalue weighted by Gasteiger charge is 2.25. The smallest absolute Gasteiger partial charge is 0.242 e. The second-order valence-electron chi connectivity index (χ2n) is 7.60. The third kappa shape index (κ3) is 5.14. The lowest BCUT2D eigenvalue weighted by molar-refractivity contribution is -0.142. The average molecular weight is 431 g/mol. The van der Waals surface area contributed by atoms with Crippen LogP contribution in [0.3, 0.4) is 0 Å². The molecule has 1 aliphatic heterocycles. The SMILES string of the molecule is CCC(=O)N(CC(=O)N(Cc1ccc2c(c1)OCO2)Cc1sccc1C)[C@H](C)CC. The lowest BCUT2D eigenvalue weighted by atomic mass is 10.1. The Kier molecular flexibility index (Phi) is 7.37. The maximum atomic E-state index is 13.4. The van der Waals surface area contributed by atoms with E-state index in [9.17, 15) is 9.59 Å². The molecular weight excluding hydrogens is 400 g/mol. The average Bonchev–Trinajstić information content (AvgIpc) is 3.38. The van der Waals surface area contributed by atoms with Crippen LogP contribution in [0, 0.1) is 6.92 Å². The van der Waals surface area contributed by atoms with Gasteiger partial charge in [-0.3, -0.25) is 9.59 Å². The van der Waals surface area contributed by atoms with Crippen molar-refractivity contribution in [3.63, 3.8) is 0 Å². The molecule has 2 amide bonds. The first-order chi connectivity index (χ1) is 14.4. The van der Waals surface area contributed by atoms with Crippen LogP contribution < -0.4 is 9.47 Å². The molecule has 3 rings (SSSR count). The predicted octanol–water partition coefficient (Wildman–Crippen LogP) is 4.35. The van der Waals surface area contributed by atoms with Gasteiger partial charge in [0.2, 0.25) is 18.6 Å². The summed E-state index contributed by atoms with van der Waals surface area (Å²) in [5.74, 6) is 1.38. The molecule has 7 heteroatoms. The molecule has 1 aromatic heterocycles. The van der Waals surface area contributed by atoms with Crippen molar-refractivity contribution in [3.8, 4) is 11.5 Å². The van der Waals surface area contributed by atoms with E-state index in [0.29, 0.717) is 25.3 Å². The highest BCUT2D eigenvalue weighted by atomic mass is 32.1. The number of amides is 2. The van der Waals surface area contributed by atoms with Gasteiger partial charge < -0.3 is 19.3 Å². The molecule has 1 aliphatic rings. The fourth-order valence-corrected chi connectivity index (χ4v) is 4.31. The number of aryl methyl sites for hydroxylation is 1. The van der Waals surface area contributed by atoms with E-state index in [4.69, 9.17) is 9.47 Å². The number of hydrogen-bond acceptors (Lipinski definition) is 5. The van der Waals surface area contributed by atoms with Crippen LogP contribution in [0.4, 0.5) is 0 Å². The second kappa shape index (κ2) is 9.98. The van der Waals surface area contributed by atoms with Crippen molar-refractivity contribution in [1.29, 1.82) is 0 Å². The zero-order chi connectivity index (χ0) is 21.7. The van der Waals surface area contributed by atoms with Gasteiger partial charge in [-0.2, -0.15) is 0 Å². The quantitative estimate of drug-likeness (QED) is 0.593. The van der Waals surface area contributed by atoms with Crippen molar-refractivity contribution >= 4 is 23.2 Å². The molecule has 0 saturated heterocycles. The Labute approximate surface area is 182 Å². The third-order valence-electron chi connectivity index (χ3n) is 5.52. The summed E-state index contributed by atoms with van der Waals surface area (Å²) in [6, 6.07) is 7.85. The largest absolute Gasteiger partial charge is 0.454 e. The Bertz CT molecular complexity index is 895. The van der Waals surface area contributed by atoms with Crippen molar-refractivity contribution in [2.75, 3.05) is 13.3 Å². The molecule has 1 atom stereocenters. The van der Waals surface area contributed by atoms with E-state index >= 15 is 0 Å². The summed E-state index contributed by atoms with van der Waals surface area (Å²) in [5, 5.41) is 2.04. The van der Waals surface area contributed by atoms with Gasteiger partial charge >= 0.3 is 0 Å². The minimum Gasteiger partial charge on any atom is -0.454 e. The molecule has 0 aliphatic carbocycles.